The molecule has 0 spiro atoms. The Morgan fingerprint density at radius 2 is 1.91 bits per heavy atom. The third-order valence-electron chi connectivity index (χ3n) is 3.03. The van der Waals surface area contributed by atoms with Crippen LogP contribution in [0.25, 0.3) is 6.08 Å². The number of rotatable bonds is 3. The molecule has 3 nitrogen and oxygen atoms in total. The van der Waals surface area contributed by atoms with E-state index in [1.165, 1.54) is 6.07 Å². The van der Waals surface area contributed by atoms with E-state index in [2.05, 4.69) is 5.32 Å². The van der Waals surface area contributed by atoms with Gasteiger partial charge < -0.3 is 5.32 Å². The van der Waals surface area contributed by atoms with Crippen molar-refractivity contribution in [2.24, 2.45) is 0 Å². The smallest absolute Gasteiger partial charge is 0.266 e. The van der Waals surface area contributed by atoms with Gasteiger partial charge in [0.1, 0.15) is 11.6 Å². The molecule has 110 valence electrons. The average molecular weight is 331 g/mol. The van der Waals surface area contributed by atoms with Crippen LogP contribution in [0.4, 0.5) is 5.69 Å². The van der Waals surface area contributed by atoms with Crippen molar-refractivity contribution < 1.29 is 4.79 Å². The number of anilines is 1. The first-order valence-electron chi connectivity index (χ1n) is 6.45. The minimum absolute atomic E-state index is 0.0142. The zero-order chi connectivity index (χ0) is 16.1. The zero-order valence-electron chi connectivity index (χ0n) is 11.7. The van der Waals surface area contributed by atoms with Gasteiger partial charge in [0.25, 0.3) is 5.91 Å². The molecule has 0 aliphatic heterocycles. The van der Waals surface area contributed by atoms with E-state index in [0.29, 0.717) is 15.7 Å². The van der Waals surface area contributed by atoms with Crippen LogP contribution in [-0.2, 0) is 4.79 Å². The maximum atomic E-state index is 12.2. The molecule has 2 rings (SSSR count). The number of nitriles is 1. The molecule has 0 aliphatic rings. The van der Waals surface area contributed by atoms with Crippen LogP contribution in [0.2, 0.25) is 10.0 Å². The summed E-state index contributed by atoms with van der Waals surface area (Å²) in [4.78, 5) is 12.2. The Morgan fingerprint density at radius 1 is 1.18 bits per heavy atom. The van der Waals surface area contributed by atoms with E-state index in [0.717, 1.165) is 11.1 Å². The molecule has 5 heteroatoms. The quantitative estimate of drug-likeness (QED) is 0.646. The maximum absolute atomic E-state index is 12.2. The summed E-state index contributed by atoms with van der Waals surface area (Å²) in [5.74, 6) is -0.496. The lowest BCUT2D eigenvalue weighted by molar-refractivity contribution is -0.112. The predicted octanol–water partition coefficient (Wildman–Crippen LogP) is 4.85. The van der Waals surface area contributed by atoms with Gasteiger partial charge in [-0.3, -0.25) is 4.79 Å². The topological polar surface area (TPSA) is 52.9 Å². The predicted molar refractivity (Wildman–Crippen MR) is 89.9 cm³/mol. The number of hydrogen-bond acceptors (Lipinski definition) is 2. The van der Waals surface area contributed by atoms with Gasteiger partial charge in [-0.15, -0.1) is 0 Å². The number of amides is 1. The largest absolute Gasteiger partial charge is 0.321 e. The number of halogens is 2. The van der Waals surface area contributed by atoms with Gasteiger partial charge >= 0.3 is 0 Å². The lowest BCUT2D eigenvalue weighted by Gasteiger charge is -2.06. The fraction of sp³-hybridized carbons (Fsp3) is 0.0588. The van der Waals surface area contributed by atoms with Gasteiger partial charge in [0, 0.05) is 5.69 Å². The highest BCUT2D eigenvalue weighted by Gasteiger charge is 2.11. The summed E-state index contributed by atoms with van der Waals surface area (Å²) in [5, 5.41) is 12.6. The molecule has 0 fully saturated rings. The van der Waals surface area contributed by atoms with E-state index < -0.39 is 5.91 Å². The molecule has 1 amide bonds. The summed E-state index contributed by atoms with van der Waals surface area (Å²) in [7, 11) is 0. The molecule has 0 atom stereocenters. The number of carbonyl (C=O) groups is 1. The van der Waals surface area contributed by atoms with Gasteiger partial charge in [-0.2, -0.15) is 5.26 Å². The Bertz CT molecular complexity index is 791. The Kier molecular flexibility index (Phi) is 5.21. The molecule has 0 heterocycles. The number of benzene rings is 2. The SMILES string of the molecule is Cc1ccccc1/C=C(/C#N)C(=O)Nc1ccc(Cl)c(Cl)c1. The van der Waals surface area contributed by atoms with Crippen LogP contribution in [-0.4, -0.2) is 5.91 Å². The van der Waals surface area contributed by atoms with E-state index in [1.54, 1.807) is 18.2 Å². The highest BCUT2D eigenvalue weighted by Crippen LogP contribution is 2.25. The summed E-state index contributed by atoms with van der Waals surface area (Å²) in [5.41, 5.74) is 2.30. The van der Waals surface area contributed by atoms with Crippen LogP contribution in [0.3, 0.4) is 0 Å². The van der Waals surface area contributed by atoms with Crippen molar-refractivity contribution in [3.63, 3.8) is 0 Å². The van der Waals surface area contributed by atoms with Gasteiger partial charge in [0.05, 0.1) is 10.0 Å². The van der Waals surface area contributed by atoms with Crippen LogP contribution in [0, 0.1) is 18.3 Å². The fourth-order valence-electron chi connectivity index (χ4n) is 1.83. The third-order valence-corrected chi connectivity index (χ3v) is 3.77. The van der Waals surface area contributed by atoms with Gasteiger partial charge in [0.2, 0.25) is 0 Å². The molecule has 1 N–H and O–H groups in total. The summed E-state index contributed by atoms with van der Waals surface area (Å²) in [6.07, 6.45) is 1.56. The molecule has 0 unspecified atom stereocenters. The normalized spacial score (nSPS) is 10.9. The molecular weight excluding hydrogens is 319 g/mol. The molecular formula is C17H12Cl2N2O. The highest BCUT2D eigenvalue weighted by atomic mass is 35.5. The Hall–Kier alpha value is -2.28. The molecule has 2 aromatic carbocycles. The number of nitrogens with zero attached hydrogens (tertiary/aromatic N) is 1. The molecule has 0 saturated carbocycles. The average Bonchev–Trinajstić information content (AvgIpc) is 2.50. The van der Waals surface area contributed by atoms with Crippen molar-refractivity contribution in [3.05, 3.63) is 69.2 Å². The summed E-state index contributed by atoms with van der Waals surface area (Å²) in [6, 6.07) is 14.2. The van der Waals surface area contributed by atoms with Crippen molar-refractivity contribution in [3.8, 4) is 6.07 Å². The second kappa shape index (κ2) is 7.13. The fourth-order valence-corrected chi connectivity index (χ4v) is 2.12. The van der Waals surface area contributed by atoms with Crippen molar-refractivity contribution in [2.75, 3.05) is 5.32 Å². The second-order valence-electron chi connectivity index (χ2n) is 4.61. The molecule has 0 radical (unpaired) electrons. The van der Waals surface area contributed by atoms with Crippen molar-refractivity contribution >= 4 is 40.9 Å². The maximum Gasteiger partial charge on any atom is 0.266 e. The number of aryl methyl sites for hydroxylation is 1. The molecule has 22 heavy (non-hydrogen) atoms. The number of nitrogens with one attached hydrogen (secondary N) is 1. The first-order chi connectivity index (χ1) is 10.5. The molecule has 0 bridgehead atoms. The summed E-state index contributed by atoms with van der Waals surface area (Å²) >= 11 is 11.7. The molecule has 2 aromatic rings. The molecule has 0 aromatic heterocycles. The van der Waals surface area contributed by atoms with Crippen LogP contribution < -0.4 is 5.32 Å². The minimum Gasteiger partial charge on any atom is -0.321 e. The first-order valence-corrected chi connectivity index (χ1v) is 7.20. The second-order valence-corrected chi connectivity index (χ2v) is 5.42. The monoisotopic (exact) mass is 330 g/mol. The van der Waals surface area contributed by atoms with Crippen LogP contribution in [0.1, 0.15) is 11.1 Å². The standard InChI is InChI=1S/C17H12Cl2N2O/c1-11-4-2-3-5-12(11)8-13(10-20)17(22)21-14-6-7-15(18)16(19)9-14/h2-9H,1H3,(H,21,22)/b13-8-. The Morgan fingerprint density at radius 3 is 2.55 bits per heavy atom. The highest BCUT2D eigenvalue weighted by molar-refractivity contribution is 6.42. The van der Waals surface area contributed by atoms with Crippen LogP contribution >= 0.6 is 23.2 Å². The number of hydrogen-bond donors (Lipinski definition) is 1. The zero-order valence-corrected chi connectivity index (χ0v) is 13.2. The van der Waals surface area contributed by atoms with Gasteiger partial charge in [-0.25, -0.2) is 0 Å². The Balaban J connectivity index is 2.24. The first kappa shape index (κ1) is 16.1. The van der Waals surface area contributed by atoms with Gasteiger partial charge in [-0.05, 0) is 42.3 Å². The van der Waals surface area contributed by atoms with Crippen molar-refractivity contribution in [2.45, 2.75) is 6.92 Å². The summed E-state index contributed by atoms with van der Waals surface area (Å²) in [6.45, 7) is 1.91. The van der Waals surface area contributed by atoms with E-state index in [9.17, 15) is 10.1 Å². The lowest BCUT2D eigenvalue weighted by atomic mass is 10.1. The Labute approximate surface area is 138 Å². The van der Waals surface area contributed by atoms with E-state index >= 15 is 0 Å². The minimum atomic E-state index is -0.496. The van der Waals surface area contributed by atoms with Gasteiger partial charge in [0.15, 0.2) is 0 Å². The lowest BCUT2D eigenvalue weighted by Crippen LogP contribution is -2.13. The van der Waals surface area contributed by atoms with Gasteiger partial charge in [-0.1, -0.05) is 47.5 Å². The van der Waals surface area contributed by atoms with E-state index in [4.69, 9.17) is 23.2 Å². The van der Waals surface area contributed by atoms with Crippen molar-refractivity contribution in [1.29, 1.82) is 5.26 Å². The van der Waals surface area contributed by atoms with Crippen LogP contribution in [0.15, 0.2) is 48.0 Å². The van der Waals surface area contributed by atoms with Crippen molar-refractivity contribution in [1.82, 2.24) is 0 Å². The van der Waals surface area contributed by atoms with E-state index in [-0.39, 0.29) is 5.57 Å². The third kappa shape index (κ3) is 3.88. The molecule has 0 aliphatic carbocycles. The molecule has 0 saturated heterocycles. The van der Waals surface area contributed by atoms with Crippen LogP contribution in [0.5, 0.6) is 0 Å². The number of carbonyl (C=O) groups excluding carboxylic acids is 1. The van der Waals surface area contributed by atoms with E-state index in [1.807, 2.05) is 37.3 Å². The summed E-state index contributed by atoms with van der Waals surface area (Å²) < 4.78 is 0.